The van der Waals surface area contributed by atoms with Gasteiger partial charge in [0.1, 0.15) is 11.5 Å². The Balaban J connectivity index is 1.45. The van der Waals surface area contributed by atoms with Gasteiger partial charge in [-0.2, -0.15) is 0 Å². The van der Waals surface area contributed by atoms with Crippen molar-refractivity contribution in [2.45, 2.75) is 77.6 Å². The Kier molecular flexibility index (Phi) is 2.88. The average molecular weight is 328 g/mol. The number of allylic oxidation sites excluding steroid dienone is 1. The standard InChI is InChI=1S/C21H28O3/c1-19(2)13-9-11-20(19,3)17(12-13)24-18(22)21-10-5-4-6-14(21)15-7-8-16(21)23-15/h6-8,13,15-17H,4-5,9-12H2,1-3H3/t13?,15-,16+,17?,20?,21-/m0/s1. The number of esters is 1. The Morgan fingerprint density at radius 3 is 2.79 bits per heavy atom. The molecule has 0 N–H and O–H groups in total. The largest absolute Gasteiger partial charge is 0.461 e. The third kappa shape index (κ3) is 1.56. The molecule has 4 bridgehead atoms. The first kappa shape index (κ1) is 15.2. The second-order valence-corrected chi connectivity index (χ2v) is 9.39. The quantitative estimate of drug-likeness (QED) is 0.563. The Morgan fingerprint density at radius 2 is 2.08 bits per heavy atom. The van der Waals surface area contributed by atoms with Crippen molar-refractivity contribution in [2.75, 3.05) is 0 Å². The molecule has 0 aromatic carbocycles. The van der Waals surface area contributed by atoms with Crippen molar-refractivity contribution in [2.24, 2.45) is 22.2 Å². The van der Waals surface area contributed by atoms with E-state index in [1.54, 1.807) is 0 Å². The third-order valence-corrected chi connectivity index (χ3v) is 8.53. The summed E-state index contributed by atoms with van der Waals surface area (Å²) in [4.78, 5) is 13.4. The third-order valence-electron chi connectivity index (χ3n) is 8.53. The average Bonchev–Trinajstić information content (AvgIpc) is 3.26. The highest BCUT2D eigenvalue weighted by Crippen LogP contribution is 2.66. The first-order valence-corrected chi connectivity index (χ1v) is 9.65. The van der Waals surface area contributed by atoms with Crippen LogP contribution in [0.5, 0.6) is 0 Å². The minimum Gasteiger partial charge on any atom is -0.461 e. The molecule has 130 valence electrons. The van der Waals surface area contributed by atoms with Gasteiger partial charge in [-0.25, -0.2) is 0 Å². The van der Waals surface area contributed by atoms with E-state index in [1.165, 1.54) is 18.4 Å². The lowest BCUT2D eigenvalue weighted by molar-refractivity contribution is -0.170. The van der Waals surface area contributed by atoms with Crippen molar-refractivity contribution in [3.8, 4) is 0 Å². The molecular weight excluding hydrogens is 300 g/mol. The zero-order chi connectivity index (χ0) is 16.7. The first-order chi connectivity index (χ1) is 11.4. The monoisotopic (exact) mass is 328 g/mol. The maximum Gasteiger partial charge on any atom is 0.319 e. The molecule has 3 unspecified atom stereocenters. The predicted octanol–water partition coefficient (Wildman–Crippen LogP) is 4.18. The minimum absolute atomic E-state index is 0.00917. The molecule has 3 nitrogen and oxygen atoms in total. The van der Waals surface area contributed by atoms with E-state index in [2.05, 4.69) is 39.0 Å². The zero-order valence-electron chi connectivity index (χ0n) is 15.0. The van der Waals surface area contributed by atoms with Crippen molar-refractivity contribution in [3.05, 3.63) is 23.8 Å². The zero-order valence-corrected chi connectivity index (χ0v) is 15.0. The number of carbonyl (C=O) groups is 1. The van der Waals surface area contributed by atoms with E-state index in [4.69, 9.17) is 9.47 Å². The highest BCUT2D eigenvalue weighted by atomic mass is 16.6. The lowest BCUT2D eigenvalue weighted by Crippen LogP contribution is -2.47. The fourth-order valence-electron chi connectivity index (χ4n) is 6.43. The van der Waals surface area contributed by atoms with Crippen LogP contribution in [0.25, 0.3) is 0 Å². The summed E-state index contributed by atoms with van der Waals surface area (Å²) in [7, 11) is 0. The van der Waals surface area contributed by atoms with Crippen molar-refractivity contribution in [1.29, 1.82) is 0 Å². The van der Waals surface area contributed by atoms with Gasteiger partial charge in [-0.1, -0.05) is 39.0 Å². The Hall–Kier alpha value is -1.09. The van der Waals surface area contributed by atoms with Crippen LogP contribution in [0.4, 0.5) is 0 Å². The van der Waals surface area contributed by atoms with Crippen LogP contribution < -0.4 is 0 Å². The molecule has 2 saturated carbocycles. The molecule has 2 aliphatic heterocycles. The van der Waals surface area contributed by atoms with Gasteiger partial charge >= 0.3 is 5.97 Å². The first-order valence-electron chi connectivity index (χ1n) is 9.65. The normalized spacial score (nSPS) is 50.0. The van der Waals surface area contributed by atoms with Gasteiger partial charge in [-0.05, 0) is 55.4 Å². The number of fused-ring (bicyclic) bond motifs is 7. The molecule has 3 fully saturated rings. The summed E-state index contributed by atoms with van der Waals surface area (Å²) in [5.41, 5.74) is 1.04. The summed E-state index contributed by atoms with van der Waals surface area (Å²) < 4.78 is 12.3. The van der Waals surface area contributed by atoms with Crippen LogP contribution in [0.2, 0.25) is 0 Å². The highest BCUT2D eigenvalue weighted by Gasteiger charge is 2.65. The second-order valence-electron chi connectivity index (χ2n) is 9.39. The molecule has 1 saturated heterocycles. The topological polar surface area (TPSA) is 35.5 Å². The van der Waals surface area contributed by atoms with Crippen LogP contribution in [0.1, 0.15) is 59.3 Å². The highest BCUT2D eigenvalue weighted by molar-refractivity contribution is 5.84. The molecule has 5 rings (SSSR count). The molecule has 0 radical (unpaired) electrons. The Labute approximate surface area is 144 Å². The second kappa shape index (κ2) is 4.55. The number of carbonyl (C=O) groups excluding carboxylic acids is 1. The van der Waals surface area contributed by atoms with Crippen LogP contribution in [0.3, 0.4) is 0 Å². The molecule has 2 heterocycles. The number of rotatable bonds is 2. The Morgan fingerprint density at radius 1 is 1.25 bits per heavy atom. The van der Waals surface area contributed by atoms with E-state index in [-0.39, 0.29) is 35.1 Å². The minimum atomic E-state index is -0.528. The molecule has 0 spiro atoms. The van der Waals surface area contributed by atoms with E-state index >= 15 is 0 Å². The molecule has 3 heteroatoms. The summed E-state index contributed by atoms with van der Waals surface area (Å²) in [6, 6.07) is 0. The van der Waals surface area contributed by atoms with Crippen molar-refractivity contribution in [3.63, 3.8) is 0 Å². The van der Waals surface area contributed by atoms with E-state index < -0.39 is 5.41 Å². The summed E-state index contributed by atoms with van der Waals surface area (Å²) in [6.07, 6.45) is 12.9. The summed E-state index contributed by atoms with van der Waals surface area (Å²) in [5.74, 6) is 0.676. The van der Waals surface area contributed by atoms with E-state index in [1.807, 2.05) is 0 Å². The van der Waals surface area contributed by atoms with E-state index in [0.717, 1.165) is 25.7 Å². The fraction of sp³-hybridized carbons (Fsp3) is 0.762. The molecule has 3 aliphatic carbocycles. The number of hydrogen-bond acceptors (Lipinski definition) is 3. The molecule has 5 aliphatic rings. The van der Waals surface area contributed by atoms with E-state index in [0.29, 0.717) is 5.92 Å². The van der Waals surface area contributed by atoms with Gasteiger partial charge in [-0.3, -0.25) is 4.79 Å². The fourth-order valence-corrected chi connectivity index (χ4v) is 6.43. The van der Waals surface area contributed by atoms with Gasteiger partial charge in [0.2, 0.25) is 0 Å². The van der Waals surface area contributed by atoms with Crippen LogP contribution in [-0.4, -0.2) is 24.3 Å². The number of hydrogen-bond donors (Lipinski definition) is 0. The van der Waals surface area contributed by atoms with Crippen molar-refractivity contribution < 1.29 is 14.3 Å². The molecule has 0 aromatic heterocycles. The number of ether oxygens (including phenoxy) is 2. The maximum absolute atomic E-state index is 13.4. The van der Waals surface area contributed by atoms with Crippen molar-refractivity contribution in [1.82, 2.24) is 0 Å². The van der Waals surface area contributed by atoms with E-state index in [9.17, 15) is 4.79 Å². The van der Waals surface area contributed by atoms with Gasteiger partial charge in [0.15, 0.2) is 0 Å². The molecular formula is C21H28O3. The lowest BCUT2D eigenvalue weighted by Gasteiger charge is -2.41. The van der Waals surface area contributed by atoms with Crippen LogP contribution >= 0.6 is 0 Å². The van der Waals surface area contributed by atoms with Crippen LogP contribution in [-0.2, 0) is 14.3 Å². The predicted molar refractivity (Wildman–Crippen MR) is 91.3 cm³/mol. The summed E-state index contributed by atoms with van der Waals surface area (Å²) in [6.45, 7) is 7.07. The van der Waals surface area contributed by atoms with Gasteiger partial charge in [0, 0.05) is 5.41 Å². The molecule has 0 amide bonds. The van der Waals surface area contributed by atoms with Gasteiger partial charge < -0.3 is 9.47 Å². The van der Waals surface area contributed by atoms with Crippen LogP contribution in [0, 0.1) is 22.2 Å². The summed E-state index contributed by atoms with van der Waals surface area (Å²) in [5, 5.41) is 0. The molecule has 24 heavy (non-hydrogen) atoms. The maximum atomic E-state index is 13.4. The van der Waals surface area contributed by atoms with Gasteiger partial charge in [0.05, 0.1) is 12.2 Å². The van der Waals surface area contributed by atoms with Gasteiger partial charge in [0.25, 0.3) is 0 Å². The summed E-state index contributed by atoms with van der Waals surface area (Å²) >= 11 is 0. The van der Waals surface area contributed by atoms with Crippen LogP contribution in [0.15, 0.2) is 23.8 Å². The SMILES string of the molecule is CC1(C)C2CCC1(C)C(OC(=O)[C@@]13CCCC=C1[C@@H]1C=C[C@H]3O1)C2. The van der Waals surface area contributed by atoms with Crippen molar-refractivity contribution >= 4 is 5.97 Å². The lowest BCUT2D eigenvalue weighted by atomic mass is 9.66. The molecule has 6 atom stereocenters. The Bertz CT molecular complexity index is 660. The van der Waals surface area contributed by atoms with Gasteiger partial charge in [-0.15, -0.1) is 0 Å². The molecule has 0 aromatic rings. The smallest absolute Gasteiger partial charge is 0.319 e.